The summed E-state index contributed by atoms with van der Waals surface area (Å²) in [5.41, 5.74) is 0.265. The first kappa shape index (κ1) is 15.8. The molecule has 0 heterocycles. The first-order valence-corrected chi connectivity index (χ1v) is 7.56. The van der Waals surface area contributed by atoms with E-state index in [1.54, 1.807) is 0 Å². The Kier molecular flexibility index (Phi) is 4.88. The fraction of sp³-hybridized carbons (Fsp3) is 0.588. The average Bonchev–Trinajstić information content (AvgIpc) is 2.43. The van der Waals surface area contributed by atoms with Gasteiger partial charge in [0.1, 0.15) is 6.61 Å². The Morgan fingerprint density at radius 3 is 2.67 bits per heavy atom. The van der Waals surface area contributed by atoms with Gasteiger partial charge in [0.25, 0.3) is 0 Å². The van der Waals surface area contributed by atoms with Gasteiger partial charge >= 0.3 is 6.09 Å². The van der Waals surface area contributed by atoms with E-state index in [2.05, 4.69) is 19.2 Å². The highest BCUT2D eigenvalue weighted by Gasteiger charge is 2.38. The minimum absolute atomic E-state index is 0.128. The maximum atomic E-state index is 11.7. The zero-order chi connectivity index (χ0) is 15.3. The van der Waals surface area contributed by atoms with E-state index in [4.69, 9.17) is 4.74 Å². The predicted octanol–water partition coefficient (Wildman–Crippen LogP) is 3.24. The van der Waals surface area contributed by atoms with E-state index in [1.165, 1.54) is 0 Å². The molecule has 4 nitrogen and oxygen atoms in total. The van der Waals surface area contributed by atoms with Gasteiger partial charge in [-0.1, -0.05) is 44.2 Å². The smallest absolute Gasteiger partial charge is 0.407 e. The summed E-state index contributed by atoms with van der Waals surface area (Å²) in [6.07, 6.45) is 3.07. The molecule has 0 bridgehead atoms. The lowest BCUT2D eigenvalue weighted by Crippen LogP contribution is -2.48. The quantitative estimate of drug-likeness (QED) is 0.895. The maximum Gasteiger partial charge on any atom is 0.407 e. The largest absolute Gasteiger partial charge is 0.445 e. The summed E-state index contributed by atoms with van der Waals surface area (Å²) < 4.78 is 5.15. The lowest BCUT2D eigenvalue weighted by Gasteiger charge is -2.41. The molecule has 0 spiro atoms. The lowest BCUT2D eigenvalue weighted by molar-refractivity contribution is -0.0370. The number of carbonyl (C=O) groups is 1. The molecule has 4 heteroatoms. The Bertz CT molecular complexity index is 472. The van der Waals surface area contributed by atoms with Gasteiger partial charge in [0, 0.05) is 6.54 Å². The Hall–Kier alpha value is -1.55. The van der Waals surface area contributed by atoms with Crippen molar-refractivity contribution in [2.24, 2.45) is 5.41 Å². The molecule has 1 saturated carbocycles. The van der Waals surface area contributed by atoms with Crippen molar-refractivity contribution in [1.29, 1.82) is 0 Å². The molecular formula is C17H25NO3. The fourth-order valence-corrected chi connectivity index (χ4v) is 3.13. The van der Waals surface area contributed by atoms with Crippen molar-refractivity contribution in [2.45, 2.75) is 51.7 Å². The Labute approximate surface area is 126 Å². The van der Waals surface area contributed by atoms with Crippen LogP contribution in [-0.2, 0) is 11.3 Å². The van der Waals surface area contributed by atoms with Crippen LogP contribution in [0.25, 0.3) is 0 Å². The maximum absolute atomic E-state index is 11.7. The average molecular weight is 291 g/mol. The number of rotatable bonds is 4. The Morgan fingerprint density at radius 2 is 2.00 bits per heavy atom. The van der Waals surface area contributed by atoms with Crippen molar-refractivity contribution in [1.82, 2.24) is 5.32 Å². The molecule has 0 radical (unpaired) electrons. The summed E-state index contributed by atoms with van der Waals surface area (Å²) in [6, 6.07) is 9.55. The van der Waals surface area contributed by atoms with Crippen molar-refractivity contribution in [3.8, 4) is 0 Å². The van der Waals surface area contributed by atoms with Gasteiger partial charge in [-0.2, -0.15) is 0 Å². The second-order valence-corrected chi connectivity index (χ2v) is 6.83. The number of ether oxygens (including phenoxy) is 1. The molecule has 116 valence electrons. The Morgan fingerprint density at radius 1 is 1.29 bits per heavy atom. The van der Waals surface area contributed by atoms with E-state index in [9.17, 15) is 9.90 Å². The van der Waals surface area contributed by atoms with Crippen molar-refractivity contribution in [2.75, 3.05) is 6.54 Å². The van der Waals surface area contributed by atoms with Crippen LogP contribution in [-0.4, -0.2) is 23.3 Å². The summed E-state index contributed by atoms with van der Waals surface area (Å²) in [4.78, 5) is 11.7. The van der Waals surface area contributed by atoms with Crippen molar-refractivity contribution >= 4 is 6.09 Å². The van der Waals surface area contributed by atoms with E-state index >= 15 is 0 Å². The summed E-state index contributed by atoms with van der Waals surface area (Å²) >= 11 is 0. The first-order valence-electron chi connectivity index (χ1n) is 7.56. The summed E-state index contributed by atoms with van der Waals surface area (Å²) in [5.74, 6) is 0. The minimum Gasteiger partial charge on any atom is -0.445 e. The zero-order valence-electron chi connectivity index (χ0n) is 12.9. The van der Waals surface area contributed by atoms with Crippen LogP contribution in [0.2, 0.25) is 0 Å². The minimum atomic E-state index is -0.812. The third-order valence-corrected chi connectivity index (χ3v) is 4.08. The number of aliphatic hydroxyl groups is 1. The van der Waals surface area contributed by atoms with Crippen LogP contribution < -0.4 is 5.32 Å². The van der Waals surface area contributed by atoms with Crippen LogP contribution in [0.5, 0.6) is 0 Å². The summed E-state index contributed by atoms with van der Waals surface area (Å²) in [7, 11) is 0. The van der Waals surface area contributed by atoms with Gasteiger partial charge in [-0.3, -0.25) is 0 Å². The van der Waals surface area contributed by atoms with Crippen LogP contribution in [0, 0.1) is 5.41 Å². The van der Waals surface area contributed by atoms with E-state index < -0.39 is 11.7 Å². The number of hydrogen-bond acceptors (Lipinski definition) is 3. The molecule has 1 atom stereocenters. The monoisotopic (exact) mass is 291 g/mol. The van der Waals surface area contributed by atoms with Gasteiger partial charge < -0.3 is 15.2 Å². The summed E-state index contributed by atoms with van der Waals surface area (Å²) in [6.45, 7) is 4.82. The number of alkyl carbamates (subject to hydrolysis) is 1. The second-order valence-electron chi connectivity index (χ2n) is 6.83. The molecule has 1 unspecified atom stereocenters. The number of hydrogen-bond donors (Lipinski definition) is 2. The molecule has 0 aliphatic heterocycles. The lowest BCUT2D eigenvalue weighted by atomic mass is 9.70. The molecule has 2 rings (SSSR count). The van der Waals surface area contributed by atoms with E-state index in [-0.39, 0.29) is 18.6 Å². The second kappa shape index (κ2) is 6.48. The number of amides is 1. The van der Waals surface area contributed by atoms with Gasteiger partial charge in [0.05, 0.1) is 5.60 Å². The normalized spacial score (nSPS) is 24.3. The predicted molar refractivity (Wildman–Crippen MR) is 81.8 cm³/mol. The molecule has 2 N–H and O–H groups in total. The molecule has 1 aromatic carbocycles. The molecule has 1 aliphatic rings. The van der Waals surface area contributed by atoms with Gasteiger partial charge in [0.2, 0.25) is 0 Å². The number of benzene rings is 1. The van der Waals surface area contributed by atoms with Gasteiger partial charge in [-0.05, 0) is 36.7 Å². The number of nitrogens with one attached hydrogen (secondary N) is 1. The SMILES string of the molecule is CC1(C)CCCC(O)(CNC(=O)OCc2ccccc2)C1. The molecule has 1 aromatic rings. The Balaban J connectivity index is 1.76. The molecule has 1 aliphatic carbocycles. The highest BCUT2D eigenvalue weighted by molar-refractivity contribution is 5.67. The van der Waals surface area contributed by atoms with E-state index in [1.807, 2.05) is 30.3 Å². The standard InChI is InChI=1S/C17H25NO3/c1-16(2)9-6-10-17(20,12-16)13-18-15(19)21-11-14-7-4-3-5-8-14/h3-5,7-8,20H,6,9-13H2,1-2H3,(H,18,19). The van der Waals surface area contributed by atoms with E-state index in [0.29, 0.717) is 6.42 Å². The van der Waals surface area contributed by atoms with Crippen LogP contribution in [0.15, 0.2) is 30.3 Å². The summed E-state index contributed by atoms with van der Waals surface area (Å²) in [5, 5.41) is 13.3. The molecule has 0 aromatic heterocycles. The molecule has 1 fully saturated rings. The van der Waals surface area contributed by atoms with Crippen LogP contribution in [0.1, 0.15) is 45.1 Å². The van der Waals surface area contributed by atoms with Crippen LogP contribution in [0.4, 0.5) is 4.79 Å². The number of carbonyl (C=O) groups excluding carboxylic acids is 1. The highest BCUT2D eigenvalue weighted by Crippen LogP contribution is 2.40. The zero-order valence-corrected chi connectivity index (χ0v) is 12.9. The van der Waals surface area contributed by atoms with Crippen LogP contribution in [0.3, 0.4) is 0 Å². The van der Waals surface area contributed by atoms with Gasteiger partial charge in [-0.15, -0.1) is 0 Å². The third kappa shape index (κ3) is 5.05. The fourth-order valence-electron chi connectivity index (χ4n) is 3.13. The highest BCUT2D eigenvalue weighted by atomic mass is 16.5. The topological polar surface area (TPSA) is 58.6 Å². The van der Waals surface area contributed by atoms with Crippen molar-refractivity contribution < 1.29 is 14.6 Å². The molecule has 0 saturated heterocycles. The van der Waals surface area contributed by atoms with Gasteiger partial charge in [0.15, 0.2) is 0 Å². The molecular weight excluding hydrogens is 266 g/mol. The van der Waals surface area contributed by atoms with Crippen LogP contribution >= 0.6 is 0 Å². The van der Waals surface area contributed by atoms with Gasteiger partial charge in [-0.25, -0.2) is 4.79 Å². The molecule has 21 heavy (non-hydrogen) atoms. The third-order valence-electron chi connectivity index (χ3n) is 4.08. The molecule has 1 amide bonds. The van der Waals surface area contributed by atoms with Crippen molar-refractivity contribution in [3.63, 3.8) is 0 Å². The first-order chi connectivity index (χ1) is 9.89. The van der Waals surface area contributed by atoms with E-state index in [0.717, 1.165) is 24.8 Å². The van der Waals surface area contributed by atoms with Crippen molar-refractivity contribution in [3.05, 3.63) is 35.9 Å².